The van der Waals surface area contributed by atoms with E-state index in [1.165, 1.54) is 52.6 Å². The number of thiazole rings is 2. The van der Waals surface area contributed by atoms with Gasteiger partial charge in [0, 0.05) is 60.3 Å². The molecule has 380 valence electrons. The van der Waals surface area contributed by atoms with Gasteiger partial charge in [-0.25, -0.2) is 37.1 Å². The van der Waals surface area contributed by atoms with Crippen molar-refractivity contribution < 1.29 is 35.7 Å². The van der Waals surface area contributed by atoms with Crippen molar-refractivity contribution in [2.45, 2.75) is 101 Å². The summed E-state index contributed by atoms with van der Waals surface area (Å²) < 4.78 is 75.3. The maximum atomic E-state index is 14.4. The van der Waals surface area contributed by atoms with Gasteiger partial charge in [0.15, 0.2) is 21.5 Å². The molecule has 0 bridgehead atoms. The second-order valence-electron chi connectivity index (χ2n) is 18.7. The number of fused-ring (bicyclic) bond motifs is 2. The lowest BCUT2D eigenvalue weighted by molar-refractivity contribution is 0.131. The smallest absolute Gasteiger partial charge is 0.324 e. The fourth-order valence-electron chi connectivity index (χ4n) is 8.61. The number of rotatable bonds is 14. The number of nitrogens with zero attached hydrogens (tertiary/aromatic N) is 10. The Hall–Kier alpha value is -5.84. The normalized spacial score (nSPS) is 15.9. The number of sulfone groups is 1. The molecule has 2 saturated heterocycles. The van der Waals surface area contributed by atoms with E-state index < -0.39 is 15.7 Å². The molecule has 0 spiro atoms. The summed E-state index contributed by atoms with van der Waals surface area (Å²) in [5, 5.41) is 9.28. The van der Waals surface area contributed by atoms with Crippen LogP contribution in [0.3, 0.4) is 0 Å². The van der Waals surface area contributed by atoms with Crippen molar-refractivity contribution in [2.24, 2.45) is 11.8 Å². The van der Waals surface area contributed by atoms with Crippen LogP contribution in [0.4, 0.5) is 20.8 Å². The Bertz CT molecular complexity index is 3270. The quantitative estimate of drug-likeness (QED) is 0.0934. The van der Waals surface area contributed by atoms with Gasteiger partial charge in [-0.15, -0.1) is 11.8 Å². The van der Waals surface area contributed by atoms with Crippen molar-refractivity contribution in [1.82, 2.24) is 40.2 Å². The number of pyridine rings is 2. The molecule has 2 aliphatic rings. The second-order valence-corrected chi connectivity index (χ2v) is 23.5. The molecule has 2 aliphatic heterocycles. The van der Waals surface area contributed by atoms with Gasteiger partial charge in [0.2, 0.25) is 0 Å². The summed E-state index contributed by atoms with van der Waals surface area (Å²) in [5.74, 6) is 1.68. The van der Waals surface area contributed by atoms with Crippen LogP contribution in [-0.2, 0) is 9.84 Å². The molecule has 72 heavy (non-hydrogen) atoms. The van der Waals surface area contributed by atoms with Crippen molar-refractivity contribution in [3.63, 3.8) is 0 Å². The monoisotopic (exact) mass is 1060 g/mol. The third kappa shape index (κ3) is 11.7. The molecule has 6 aromatic heterocycles. The van der Waals surface area contributed by atoms with Gasteiger partial charge >= 0.3 is 12.0 Å². The van der Waals surface area contributed by atoms with Gasteiger partial charge in [-0.1, -0.05) is 72.8 Å². The first-order valence-corrected chi connectivity index (χ1v) is 28.6. The number of halogens is 2. The highest BCUT2D eigenvalue weighted by atomic mass is 32.2. The molecule has 2 atom stereocenters. The standard InChI is InChI=1S/C25H28FN5O4S2.C25H28FN5O2S2/c1-14(2)22-29-24(35-30-22)31-11-9-16(10-12-31)15(3)34-25-28-20-7-6-19(27-23(20)36-25)17-5-8-21(18(26)13-17)37(4,32)33;1-14(2)22-29-24(33-30-22)31-11-9-16(10-12-31)15(3)32-25-28-20-7-6-19(27-23(20)35-25)17-5-8-21(34-4)18(26)13-17/h5-8,13-16H,9-12H2,1-4H3;5-8,13-16H,9-12H2,1-4H3. The molecule has 2 fully saturated rings. The number of hydrogen-bond donors (Lipinski definition) is 0. The topological polar surface area (TPSA) is 188 Å². The zero-order valence-electron chi connectivity index (χ0n) is 41.2. The van der Waals surface area contributed by atoms with Crippen LogP contribution < -0.4 is 19.3 Å². The summed E-state index contributed by atoms with van der Waals surface area (Å²) in [5.41, 5.74) is 3.97. The summed E-state index contributed by atoms with van der Waals surface area (Å²) >= 11 is 4.15. The van der Waals surface area contributed by atoms with E-state index in [0.717, 1.165) is 91.4 Å². The maximum Gasteiger partial charge on any atom is 0.324 e. The van der Waals surface area contributed by atoms with Crippen LogP contribution in [0.5, 0.6) is 10.4 Å². The first kappa shape index (κ1) is 51.1. The Kier molecular flexibility index (Phi) is 15.4. The van der Waals surface area contributed by atoms with E-state index in [0.29, 0.717) is 60.8 Å². The molecule has 0 radical (unpaired) electrons. The molecule has 2 aromatic carbocycles. The Morgan fingerprint density at radius 3 is 1.46 bits per heavy atom. The Morgan fingerprint density at radius 1 is 0.625 bits per heavy atom. The maximum absolute atomic E-state index is 14.4. The third-order valence-corrected chi connectivity index (χ3v) is 16.6. The molecule has 16 nitrogen and oxygen atoms in total. The third-order valence-electron chi connectivity index (χ3n) is 13.0. The average Bonchev–Trinajstić information content (AvgIpc) is 4.20. The number of hydrogen-bond acceptors (Lipinski definition) is 19. The largest absolute Gasteiger partial charge is 0.467 e. The highest BCUT2D eigenvalue weighted by Crippen LogP contribution is 2.36. The van der Waals surface area contributed by atoms with Gasteiger partial charge in [0.1, 0.15) is 49.4 Å². The number of benzene rings is 2. The molecule has 8 aromatic rings. The fraction of sp³-hybridized carbons (Fsp3) is 0.440. The first-order valence-electron chi connectivity index (χ1n) is 23.9. The summed E-state index contributed by atoms with van der Waals surface area (Å²) in [7, 11) is -3.64. The van der Waals surface area contributed by atoms with Gasteiger partial charge in [0.05, 0.1) is 11.4 Å². The van der Waals surface area contributed by atoms with E-state index >= 15 is 0 Å². The van der Waals surface area contributed by atoms with E-state index in [4.69, 9.17) is 23.5 Å². The zero-order chi connectivity index (χ0) is 50.8. The van der Waals surface area contributed by atoms with Crippen molar-refractivity contribution >= 4 is 77.0 Å². The second kappa shape index (κ2) is 21.7. The van der Waals surface area contributed by atoms with Gasteiger partial charge in [0.25, 0.3) is 10.4 Å². The van der Waals surface area contributed by atoms with Crippen LogP contribution in [0, 0.1) is 23.5 Å². The molecule has 0 amide bonds. The predicted octanol–water partition coefficient (Wildman–Crippen LogP) is 11.5. The lowest BCUT2D eigenvalue weighted by Gasteiger charge is -2.33. The number of anilines is 2. The highest BCUT2D eigenvalue weighted by molar-refractivity contribution is 7.98. The molecule has 10 rings (SSSR count). The SMILES string of the molecule is CC(C)c1noc(N2CCC(C(C)Oc3nc4ccc(-c5ccc(S(C)(=O)=O)c(F)c5)nc4s3)CC2)n1.CSc1ccc(-c2ccc3nc(OC(C)C4CCN(c5nc(C(C)C)no5)CC4)sc3n2)cc1F. The molecular weight excluding hydrogens is 1000 g/mol. The van der Waals surface area contributed by atoms with Crippen LogP contribution in [0.25, 0.3) is 43.2 Å². The molecule has 8 heterocycles. The predicted molar refractivity (Wildman–Crippen MR) is 277 cm³/mol. The van der Waals surface area contributed by atoms with Crippen molar-refractivity contribution in [2.75, 3.05) is 48.5 Å². The van der Waals surface area contributed by atoms with E-state index in [2.05, 4.69) is 72.7 Å². The van der Waals surface area contributed by atoms with Gasteiger partial charge in [-0.05, 0) is 106 Å². The number of thioether (sulfide) groups is 1. The summed E-state index contributed by atoms with van der Waals surface area (Å²) in [6.45, 7) is 15.7. The van der Waals surface area contributed by atoms with Crippen molar-refractivity contribution in [3.05, 3.63) is 83.9 Å². The van der Waals surface area contributed by atoms with E-state index in [1.54, 1.807) is 18.2 Å². The average molecular weight is 1060 g/mol. The lowest BCUT2D eigenvalue weighted by atomic mass is 9.92. The van der Waals surface area contributed by atoms with Crippen LogP contribution in [0.1, 0.15) is 90.7 Å². The van der Waals surface area contributed by atoms with E-state index in [9.17, 15) is 17.2 Å². The minimum Gasteiger partial charge on any atom is -0.467 e. The highest BCUT2D eigenvalue weighted by Gasteiger charge is 2.30. The molecule has 0 N–H and O–H groups in total. The number of piperidine rings is 2. The molecule has 0 aliphatic carbocycles. The molecule has 22 heteroatoms. The number of aromatic nitrogens is 8. The van der Waals surface area contributed by atoms with E-state index in [-0.39, 0.29) is 34.8 Å². The Balaban J connectivity index is 0.000000178. The van der Waals surface area contributed by atoms with Crippen molar-refractivity contribution in [1.29, 1.82) is 0 Å². The van der Waals surface area contributed by atoms with Gasteiger partial charge in [-0.2, -0.15) is 9.97 Å². The van der Waals surface area contributed by atoms with E-state index in [1.807, 2.05) is 44.4 Å². The summed E-state index contributed by atoms with van der Waals surface area (Å²) in [4.78, 5) is 33.5. The first-order chi connectivity index (χ1) is 34.5. The van der Waals surface area contributed by atoms with Gasteiger partial charge < -0.3 is 28.3 Å². The minimum absolute atomic E-state index is 0.0271. The summed E-state index contributed by atoms with van der Waals surface area (Å²) in [6.07, 6.45) is 6.66. The minimum atomic E-state index is -3.64. The zero-order valence-corrected chi connectivity index (χ0v) is 44.5. The Labute approximate surface area is 428 Å². The Morgan fingerprint density at radius 2 is 1.07 bits per heavy atom. The molecule has 0 saturated carbocycles. The number of ether oxygens (including phenoxy) is 2. The van der Waals surface area contributed by atoms with Crippen LogP contribution >= 0.6 is 34.4 Å². The molecule has 2 unspecified atom stereocenters. The molecular formula is C50H56F2N10O6S4. The van der Waals surface area contributed by atoms with Crippen LogP contribution in [-0.4, -0.2) is 99.5 Å². The van der Waals surface area contributed by atoms with Crippen molar-refractivity contribution in [3.8, 4) is 32.9 Å². The fourth-order valence-corrected chi connectivity index (χ4v) is 11.5. The summed E-state index contributed by atoms with van der Waals surface area (Å²) in [6, 6.07) is 17.8. The van der Waals surface area contributed by atoms with Crippen LogP contribution in [0.2, 0.25) is 0 Å². The van der Waals surface area contributed by atoms with Crippen LogP contribution in [0.15, 0.2) is 79.5 Å². The lowest BCUT2D eigenvalue weighted by Crippen LogP contribution is -2.38. The van der Waals surface area contributed by atoms with Gasteiger partial charge in [-0.3, -0.25) is 0 Å².